The number of rotatable bonds is 7. The van der Waals surface area contributed by atoms with E-state index in [1.807, 2.05) is 18.2 Å². The Bertz CT molecular complexity index is 483. The van der Waals surface area contributed by atoms with Crippen LogP contribution in [0.2, 0.25) is 0 Å². The van der Waals surface area contributed by atoms with E-state index >= 15 is 0 Å². The smallest absolute Gasteiger partial charge is 0.321 e. The standard InChI is InChI=1S/C16H23NO4/c1-20-14-8-7-11(10-15(14)21-2)9-13(16(18)19)17-12-5-3-4-6-12/h7-8,10,12-13,17H,3-6,9H2,1-2H3,(H,18,19)/t13-/m0/s1. The Morgan fingerprint density at radius 1 is 1.29 bits per heavy atom. The van der Waals surface area contributed by atoms with Crippen LogP contribution >= 0.6 is 0 Å². The Morgan fingerprint density at radius 2 is 1.95 bits per heavy atom. The second kappa shape index (κ2) is 7.31. The van der Waals surface area contributed by atoms with Gasteiger partial charge in [-0.05, 0) is 37.0 Å². The second-order valence-electron chi connectivity index (χ2n) is 5.43. The SMILES string of the molecule is COc1ccc(C[C@H](NC2CCCC2)C(=O)O)cc1OC. The van der Waals surface area contributed by atoms with E-state index in [0.717, 1.165) is 18.4 Å². The molecule has 0 heterocycles. The third-order valence-electron chi connectivity index (χ3n) is 3.98. The zero-order chi connectivity index (χ0) is 15.2. The Morgan fingerprint density at radius 3 is 2.52 bits per heavy atom. The first kappa shape index (κ1) is 15.6. The van der Waals surface area contributed by atoms with Gasteiger partial charge in [-0.2, -0.15) is 0 Å². The maximum atomic E-state index is 11.5. The number of hydrogen-bond acceptors (Lipinski definition) is 4. The van der Waals surface area contributed by atoms with E-state index in [9.17, 15) is 9.90 Å². The number of nitrogens with one attached hydrogen (secondary N) is 1. The maximum absolute atomic E-state index is 11.5. The number of benzene rings is 1. The van der Waals surface area contributed by atoms with Crippen LogP contribution in [0.1, 0.15) is 31.2 Å². The third kappa shape index (κ3) is 4.11. The van der Waals surface area contributed by atoms with Crippen LogP contribution in [-0.2, 0) is 11.2 Å². The van der Waals surface area contributed by atoms with Crippen molar-refractivity contribution in [2.75, 3.05) is 14.2 Å². The number of carbonyl (C=O) groups is 1. The molecule has 0 saturated heterocycles. The highest BCUT2D eigenvalue weighted by atomic mass is 16.5. The summed E-state index contributed by atoms with van der Waals surface area (Å²) in [6.45, 7) is 0. The number of ether oxygens (including phenoxy) is 2. The number of carboxylic acid groups (broad SMARTS) is 1. The highest BCUT2D eigenvalue weighted by Crippen LogP contribution is 2.28. The van der Waals surface area contributed by atoms with Gasteiger partial charge in [-0.15, -0.1) is 0 Å². The molecule has 116 valence electrons. The summed E-state index contributed by atoms with van der Waals surface area (Å²) in [6, 6.07) is 5.29. The fourth-order valence-electron chi connectivity index (χ4n) is 2.84. The molecule has 1 saturated carbocycles. The van der Waals surface area contributed by atoms with Crippen molar-refractivity contribution >= 4 is 5.97 Å². The van der Waals surface area contributed by atoms with E-state index in [0.29, 0.717) is 24.0 Å². The zero-order valence-electron chi connectivity index (χ0n) is 12.6. The molecule has 5 nitrogen and oxygen atoms in total. The Kier molecular flexibility index (Phi) is 5.44. The van der Waals surface area contributed by atoms with E-state index in [1.54, 1.807) is 14.2 Å². The van der Waals surface area contributed by atoms with Crippen LogP contribution in [0.3, 0.4) is 0 Å². The van der Waals surface area contributed by atoms with Crippen molar-refractivity contribution in [2.24, 2.45) is 0 Å². The quantitative estimate of drug-likeness (QED) is 0.807. The molecule has 1 aromatic rings. The molecule has 0 spiro atoms. The van der Waals surface area contributed by atoms with E-state index in [4.69, 9.17) is 9.47 Å². The van der Waals surface area contributed by atoms with Gasteiger partial charge in [-0.3, -0.25) is 4.79 Å². The van der Waals surface area contributed by atoms with Crippen molar-refractivity contribution in [3.05, 3.63) is 23.8 Å². The molecular formula is C16H23NO4. The van der Waals surface area contributed by atoms with Gasteiger partial charge in [0.15, 0.2) is 11.5 Å². The topological polar surface area (TPSA) is 67.8 Å². The molecule has 0 amide bonds. The monoisotopic (exact) mass is 293 g/mol. The summed E-state index contributed by atoms with van der Waals surface area (Å²) in [5, 5.41) is 12.7. The van der Waals surface area contributed by atoms with Crippen LogP contribution < -0.4 is 14.8 Å². The summed E-state index contributed by atoms with van der Waals surface area (Å²) < 4.78 is 10.5. The van der Waals surface area contributed by atoms with Crippen molar-refractivity contribution in [1.29, 1.82) is 0 Å². The third-order valence-corrected chi connectivity index (χ3v) is 3.98. The summed E-state index contributed by atoms with van der Waals surface area (Å²) in [4.78, 5) is 11.5. The molecule has 0 unspecified atom stereocenters. The molecule has 0 radical (unpaired) electrons. The van der Waals surface area contributed by atoms with Gasteiger partial charge < -0.3 is 19.9 Å². The lowest BCUT2D eigenvalue weighted by atomic mass is 10.0. The predicted molar refractivity (Wildman–Crippen MR) is 80.1 cm³/mol. The van der Waals surface area contributed by atoms with E-state index in [-0.39, 0.29) is 0 Å². The van der Waals surface area contributed by atoms with Gasteiger partial charge >= 0.3 is 5.97 Å². The van der Waals surface area contributed by atoms with Crippen LogP contribution in [0.5, 0.6) is 11.5 Å². The van der Waals surface area contributed by atoms with Crippen molar-refractivity contribution in [3.63, 3.8) is 0 Å². The summed E-state index contributed by atoms with van der Waals surface area (Å²) in [7, 11) is 3.16. The predicted octanol–water partition coefficient (Wildman–Crippen LogP) is 2.23. The van der Waals surface area contributed by atoms with Crippen molar-refractivity contribution in [1.82, 2.24) is 5.32 Å². The minimum atomic E-state index is -0.809. The Balaban J connectivity index is 2.07. The molecule has 1 aliphatic carbocycles. The molecule has 2 N–H and O–H groups in total. The Labute approximate surface area is 125 Å². The minimum Gasteiger partial charge on any atom is -0.493 e. The first-order valence-corrected chi connectivity index (χ1v) is 7.33. The van der Waals surface area contributed by atoms with Crippen molar-refractivity contribution in [3.8, 4) is 11.5 Å². The van der Waals surface area contributed by atoms with E-state index in [2.05, 4.69) is 5.32 Å². The van der Waals surface area contributed by atoms with Gasteiger partial charge in [0.2, 0.25) is 0 Å². The number of aliphatic carboxylic acids is 1. The van der Waals surface area contributed by atoms with Crippen LogP contribution in [0.15, 0.2) is 18.2 Å². The van der Waals surface area contributed by atoms with Gasteiger partial charge in [0, 0.05) is 6.04 Å². The lowest BCUT2D eigenvalue weighted by molar-refractivity contribution is -0.139. The molecule has 2 rings (SSSR count). The highest BCUT2D eigenvalue weighted by molar-refractivity contribution is 5.74. The number of carboxylic acids is 1. The summed E-state index contributed by atoms with van der Waals surface area (Å²) >= 11 is 0. The Hall–Kier alpha value is -1.75. The lowest BCUT2D eigenvalue weighted by Crippen LogP contribution is -2.43. The average Bonchev–Trinajstić information content (AvgIpc) is 2.99. The van der Waals surface area contributed by atoms with Crippen LogP contribution in [-0.4, -0.2) is 37.4 Å². The minimum absolute atomic E-state index is 0.325. The molecule has 1 aromatic carbocycles. The van der Waals surface area contributed by atoms with E-state index in [1.165, 1.54) is 12.8 Å². The highest BCUT2D eigenvalue weighted by Gasteiger charge is 2.24. The van der Waals surface area contributed by atoms with Gasteiger partial charge in [-0.1, -0.05) is 18.9 Å². The zero-order valence-corrected chi connectivity index (χ0v) is 12.6. The molecule has 5 heteroatoms. The molecule has 1 fully saturated rings. The summed E-state index contributed by atoms with van der Waals surface area (Å²) in [5.41, 5.74) is 0.922. The normalized spacial score (nSPS) is 16.7. The van der Waals surface area contributed by atoms with Crippen molar-refractivity contribution in [2.45, 2.75) is 44.2 Å². The number of hydrogen-bond donors (Lipinski definition) is 2. The largest absolute Gasteiger partial charge is 0.493 e. The summed E-state index contributed by atoms with van der Waals surface area (Å²) in [6.07, 6.45) is 4.93. The van der Waals surface area contributed by atoms with Gasteiger partial charge in [0.25, 0.3) is 0 Å². The van der Waals surface area contributed by atoms with Gasteiger partial charge in [0.1, 0.15) is 6.04 Å². The molecule has 0 aliphatic heterocycles. The van der Waals surface area contributed by atoms with Gasteiger partial charge in [-0.25, -0.2) is 0 Å². The molecule has 0 bridgehead atoms. The first-order chi connectivity index (χ1) is 10.1. The lowest BCUT2D eigenvalue weighted by Gasteiger charge is -2.20. The van der Waals surface area contributed by atoms with Gasteiger partial charge in [0.05, 0.1) is 14.2 Å². The molecule has 1 aliphatic rings. The molecule has 0 aromatic heterocycles. The van der Waals surface area contributed by atoms with E-state index < -0.39 is 12.0 Å². The fourth-order valence-corrected chi connectivity index (χ4v) is 2.84. The summed E-state index contributed by atoms with van der Waals surface area (Å²) in [5.74, 6) is 0.466. The average molecular weight is 293 g/mol. The first-order valence-electron chi connectivity index (χ1n) is 7.33. The molecular weight excluding hydrogens is 270 g/mol. The second-order valence-corrected chi connectivity index (χ2v) is 5.43. The van der Waals surface area contributed by atoms with Crippen LogP contribution in [0.4, 0.5) is 0 Å². The van der Waals surface area contributed by atoms with Crippen molar-refractivity contribution < 1.29 is 19.4 Å². The molecule has 21 heavy (non-hydrogen) atoms. The number of methoxy groups -OCH3 is 2. The maximum Gasteiger partial charge on any atom is 0.321 e. The molecule has 1 atom stereocenters. The fraction of sp³-hybridized carbons (Fsp3) is 0.562. The van der Waals surface area contributed by atoms with Crippen LogP contribution in [0.25, 0.3) is 0 Å². The van der Waals surface area contributed by atoms with Crippen LogP contribution in [0, 0.1) is 0 Å².